The highest BCUT2D eigenvalue weighted by Gasteiger charge is 2.23. The standard InChI is InChI=1S/C13H12BrN3O/c1-8-5-9-10(3-2-4-11(9)18)17(8)13-7-15-12(14)6-16-13/h5-7H,2-4H2,1H3. The molecule has 0 unspecified atom stereocenters. The lowest BCUT2D eigenvalue weighted by atomic mass is 9.97. The Labute approximate surface area is 113 Å². The number of carbonyl (C=O) groups is 1. The van der Waals surface area contributed by atoms with Crippen molar-refractivity contribution in [3.8, 4) is 5.82 Å². The minimum Gasteiger partial charge on any atom is -0.301 e. The number of nitrogens with zero attached hydrogens (tertiary/aromatic N) is 3. The van der Waals surface area contributed by atoms with Crippen LogP contribution < -0.4 is 0 Å². The van der Waals surface area contributed by atoms with Crippen LogP contribution in [-0.4, -0.2) is 20.3 Å². The summed E-state index contributed by atoms with van der Waals surface area (Å²) in [7, 11) is 0. The van der Waals surface area contributed by atoms with Crippen LogP contribution >= 0.6 is 15.9 Å². The van der Waals surface area contributed by atoms with Gasteiger partial charge in [-0.1, -0.05) is 0 Å². The van der Waals surface area contributed by atoms with Gasteiger partial charge in [-0.05, 0) is 41.8 Å². The van der Waals surface area contributed by atoms with Crippen LogP contribution in [0.5, 0.6) is 0 Å². The van der Waals surface area contributed by atoms with Gasteiger partial charge in [-0.2, -0.15) is 0 Å². The molecule has 0 aliphatic heterocycles. The fourth-order valence-corrected chi connectivity index (χ4v) is 2.67. The van der Waals surface area contributed by atoms with Gasteiger partial charge in [0.25, 0.3) is 0 Å². The zero-order valence-corrected chi connectivity index (χ0v) is 11.6. The molecular weight excluding hydrogens is 294 g/mol. The Morgan fingerprint density at radius 2 is 2.11 bits per heavy atom. The summed E-state index contributed by atoms with van der Waals surface area (Å²) in [6.07, 6.45) is 5.89. The molecule has 0 bridgehead atoms. The molecule has 1 aliphatic carbocycles. The molecule has 92 valence electrons. The van der Waals surface area contributed by atoms with Crippen LogP contribution in [0.3, 0.4) is 0 Å². The molecule has 5 heteroatoms. The summed E-state index contributed by atoms with van der Waals surface area (Å²) < 4.78 is 2.74. The maximum atomic E-state index is 11.9. The van der Waals surface area contributed by atoms with Crippen LogP contribution in [0, 0.1) is 6.92 Å². The molecule has 0 aromatic carbocycles. The Morgan fingerprint density at radius 3 is 2.83 bits per heavy atom. The van der Waals surface area contributed by atoms with E-state index < -0.39 is 0 Å². The van der Waals surface area contributed by atoms with Crippen molar-refractivity contribution in [1.82, 2.24) is 14.5 Å². The number of aromatic nitrogens is 3. The van der Waals surface area contributed by atoms with E-state index in [1.165, 1.54) is 0 Å². The van der Waals surface area contributed by atoms with E-state index in [2.05, 4.69) is 25.9 Å². The van der Waals surface area contributed by atoms with Gasteiger partial charge in [0.2, 0.25) is 0 Å². The molecule has 4 nitrogen and oxygen atoms in total. The van der Waals surface area contributed by atoms with Crippen LogP contribution in [-0.2, 0) is 6.42 Å². The topological polar surface area (TPSA) is 47.8 Å². The smallest absolute Gasteiger partial charge is 0.164 e. The van der Waals surface area contributed by atoms with Crippen LogP contribution in [0.25, 0.3) is 5.82 Å². The fourth-order valence-electron chi connectivity index (χ4n) is 2.47. The Balaban J connectivity index is 2.18. The van der Waals surface area contributed by atoms with Crippen molar-refractivity contribution in [3.05, 3.63) is 40.0 Å². The Hall–Kier alpha value is -1.49. The molecule has 0 spiro atoms. The third-order valence-corrected chi connectivity index (χ3v) is 3.65. The van der Waals surface area contributed by atoms with Crippen molar-refractivity contribution >= 4 is 21.7 Å². The van der Waals surface area contributed by atoms with E-state index in [0.717, 1.165) is 35.6 Å². The van der Waals surface area contributed by atoms with E-state index in [1.54, 1.807) is 12.4 Å². The Morgan fingerprint density at radius 1 is 1.28 bits per heavy atom. The molecule has 0 fully saturated rings. The second-order valence-corrected chi connectivity index (χ2v) is 5.27. The second-order valence-electron chi connectivity index (χ2n) is 4.46. The van der Waals surface area contributed by atoms with Crippen molar-refractivity contribution in [2.75, 3.05) is 0 Å². The molecule has 0 saturated heterocycles. The predicted octanol–water partition coefficient (Wildman–Crippen LogP) is 2.86. The molecule has 0 N–H and O–H groups in total. The molecular formula is C13H12BrN3O. The number of fused-ring (bicyclic) bond motifs is 1. The lowest BCUT2D eigenvalue weighted by molar-refractivity contribution is 0.0972. The average Bonchev–Trinajstić information content (AvgIpc) is 2.69. The zero-order valence-electron chi connectivity index (χ0n) is 9.98. The molecule has 18 heavy (non-hydrogen) atoms. The summed E-state index contributed by atoms with van der Waals surface area (Å²) in [4.78, 5) is 20.4. The van der Waals surface area contributed by atoms with Gasteiger partial charge < -0.3 is 4.57 Å². The van der Waals surface area contributed by atoms with E-state index in [9.17, 15) is 4.79 Å². The van der Waals surface area contributed by atoms with Crippen molar-refractivity contribution in [3.63, 3.8) is 0 Å². The number of hydrogen-bond acceptors (Lipinski definition) is 3. The minimum atomic E-state index is 0.239. The van der Waals surface area contributed by atoms with Crippen LogP contribution in [0.1, 0.15) is 34.6 Å². The summed E-state index contributed by atoms with van der Waals surface area (Å²) in [5.74, 6) is 1.01. The summed E-state index contributed by atoms with van der Waals surface area (Å²) >= 11 is 3.27. The summed E-state index contributed by atoms with van der Waals surface area (Å²) in [6.45, 7) is 2.00. The first-order chi connectivity index (χ1) is 8.66. The molecule has 2 aromatic rings. The first-order valence-electron chi connectivity index (χ1n) is 5.89. The van der Waals surface area contributed by atoms with Crippen LogP contribution in [0.2, 0.25) is 0 Å². The average molecular weight is 306 g/mol. The highest BCUT2D eigenvalue weighted by atomic mass is 79.9. The molecule has 2 heterocycles. The third-order valence-electron chi connectivity index (χ3n) is 3.24. The van der Waals surface area contributed by atoms with Crippen LogP contribution in [0.15, 0.2) is 23.1 Å². The van der Waals surface area contributed by atoms with Gasteiger partial charge in [0.05, 0.1) is 12.4 Å². The highest BCUT2D eigenvalue weighted by molar-refractivity contribution is 9.10. The fraction of sp³-hybridized carbons (Fsp3) is 0.308. The SMILES string of the molecule is Cc1cc2c(n1-c1cnc(Br)cn1)CCCC2=O. The van der Waals surface area contributed by atoms with Gasteiger partial charge in [-0.25, -0.2) is 9.97 Å². The number of hydrogen-bond donors (Lipinski definition) is 0. The van der Waals surface area contributed by atoms with E-state index in [0.29, 0.717) is 11.0 Å². The lowest BCUT2D eigenvalue weighted by Crippen LogP contribution is -2.13. The normalized spacial score (nSPS) is 14.7. The number of Topliss-reactive ketones (excluding diaryl/α,β-unsaturated/α-hetero) is 1. The number of ketones is 1. The maximum absolute atomic E-state index is 11.9. The van der Waals surface area contributed by atoms with Gasteiger partial charge >= 0.3 is 0 Å². The van der Waals surface area contributed by atoms with Crippen molar-refractivity contribution in [2.24, 2.45) is 0 Å². The molecule has 2 aromatic heterocycles. The van der Waals surface area contributed by atoms with Gasteiger partial charge in [-0.3, -0.25) is 4.79 Å². The van der Waals surface area contributed by atoms with Crippen molar-refractivity contribution in [2.45, 2.75) is 26.2 Å². The highest BCUT2D eigenvalue weighted by Crippen LogP contribution is 2.27. The predicted molar refractivity (Wildman–Crippen MR) is 71.1 cm³/mol. The second kappa shape index (κ2) is 4.31. The monoisotopic (exact) mass is 305 g/mol. The lowest BCUT2D eigenvalue weighted by Gasteiger charge is -2.15. The largest absolute Gasteiger partial charge is 0.301 e. The van der Waals surface area contributed by atoms with E-state index >= 15 is 0 Å². The Bertz CT molecular complexity index is 616. The molecule has 0 atom stereocenters. The zero-order chi connectivity index (χ0) is 12.7. The third kappa shape index (κ3) is 1.79. The molecule has 0 radical (unpaired) electrons. The van der Waals surface area contributed by atoms with Gasteiger partial charge in [0.1, 0.15) is 4.60 Å². The van der Waals surface area contributed by atoms with Crippen molar-refractivity contribution in [1.29, 1.82) is 0 Å². The number of rotatable bonds is 1. The van der Waals surface area contributed by atoms with Crippen molar-refractivity contribution < 1.29 is 4.79 Å². The first-order valence-corrected chi connectivity index (χ1v) is 6.68. The molecule has 3 rings (SSSR count). The minimum absolute atomic E-state index is 0.239. The Kier molecular flexibility index (Phi) is 2.78. The van der Waals surface area contributed by atoms with Gasteiger partial charge in [-0.15, -0.1) is 0 Å². The summed E-state index contributed by atoms with van der Waals surface area (Å²) in [5.41, 5.74) is 2.95. The van der Waals surface area contributed by atoms with Crippen LogP contribution in [0.4, 0.5) is 0 Å². The quantitative estimate of drug-likeness (QED) is 0.814. The maximum Gasteiger partial charge on any atom is 0.164 e. The number of aryl methyl sites for hydroxylation is 1. The van der Waals surface area contributed by atoms with Gasteiger partial charge in [0, 0.05) is 23.4 Å². The van der Waals surface area contributed by atoms with E-state index in [-0.39, 0.29) is 5.78 Å². The van der Waals surface area contributed by atoms with Gasteiger partial charge in [0.15, 0.2) is 11.6 Å². The molecule has 1 aliphatic rings. The summed E-state index contributed by atoms with van der Waals surface area (Å²) in [6, 6.07) is 1.96. The number of carbonyl (C=O) groups excluding carboxylic acids is 1. The molecule has 0 saturated carbocycles. The molecule has 0 amide bonds. The number of halogens is 1. The first kappa shape index (κ1) is 11.6. The summed E-state index contributed by atoms with van der Waals surface area (Å²) in [5, 5.41) is 0. The van der Waals surface area contributed by atoms with E-state index in [1.807, 2.05) is 17.6 Å². The van der Waals surface area contributed by atoms with E-state index in [4.69, 9.17) is 0 Å².